The fourth-order valence-corrected chi connectivity index (χ4v) is 3.39. The van der Waals surface area contributed by atoms with Crippen LogP contribution in [0.25, 0.3) is 0 Å². The summed E-state index contributed by atoms with van der Waals surface area (Å²) in [6, 6.07) is 12.2. The summed E-state index contributed by atoms with van der Waals surface area (Å²) in [5.74, 6) is 0.538. The molecule has 0 bridgehead atoms. The maximum Gasteiger partial charge on any atom is 0.319 e. The Bertz CT molecular complexity index is 807. The number of ether oxygens (including phenoxy) is 2. The predicted molar refractivity (Wildman–Crippen MR) is 106 cm³/mol. The molecule has 150 valence electrons. The standard InChI is InChI=1S/C21H26FN3O3/c1-27-19-8-7-15(13-17(19)22)14-25-11-9-16(10-12-25)23-21(26)24-18-5-3-4-6-20(18)28-2/h3-8,13,16H,9-12,14H2,1-2H3,(H2,23,24,26). The van der Waals surface area contributed by atoms with Gasteiger partial charge in [-0.3, -0.25) is 4.90 Å². The van der Waals surface area contributed by atoms with E-state index in [0.717, 1.165) is 31.5 Å². The topological polar surface area (TPSA) is 62.8 Å². The first-order chi connectivity index (χ1) is 13.6. The van der Waals surface area contributed by atoms with Crippen molar-refractivity contribution in [2.75, 3.05) is 32.6 Å². The number of nitrogens with one attached hydrogen (secondary N) is 2. The molecule has 0 radical (unpaired) electrons. The van der Waals surface area contributed by atoms with Crippen LogP contribution in [0, 0.1) is 5.82 Å². The largest absolute Gasteiger partial charge is 0.495 e. The van der Waals surface area contributed by atoms with E-state index in [-0.39, 0.29) is 23.6 Å². The first kappa shape index (κ1) is 19.9. The molecule has 0 saturated carbocycles. The molecule has 2 amide bonds. The van der Waals surface area contributed by atoms with Crippen LogP contribution in [0.1, 0.15) is 18.4 Å². The summed E-state index contributed by atoms with van der Waals surface area (Å²) in [4.78, 5) is 14.5. The molecule has 2 aromatic rings. The third-order valence-corrected chi connectivity index (χ3v) is 4.90. The summed E-state index contributed by atoms with van der Waals surface area (Å²) in [7, 11) is 3.03. The molecular weight excluding hydrogens is 361 g/mol. The zero-order chi connectivity index (χ0) is 19.9. The predicted octanol–water partition coefficient (Wildman–Crippen LogP) is 3.63. The molecule has 28 heavy (non-hydrogen) atoms. The Kier molecular flexibility index (Phi) is 6.71. The van der Waals surface area contributed by atoms with Crippen LogP contribution in [0.2, 0.25) is 0 Å². The van der Waals surface area contributed by atoms with E-state index < -0.39 is 0 Å². The van der Waals surface area contributed by atoms with Gasteiger partial charge in [-0.05, 0) is 42.7 Å². The molecule has 2 N–H and O–H groups in total. The van der Waals surface area contributed by atoms with Crippen LogP contribution in [0.15, 0.2) is 42.5 Å². The van der Waals surface area contributed by atoms with Crippen molar-refractivity contribution in [3.05, 3.63) is 53.8 Å². The van der Waals surface area contributed by atoms with Crippen LogP contribution in [-0.4, -0.2) is 44.3 Å². The highest BCUT2D eigenvalue weighted by Crippen LogP contribution is 2.23. The summed E-state index contributed by atoms with van der Waals surface area (Å²) in [5, 5.41) is 5.85. The average molecular weight is 387 g/mol. The van der Waals surface area contributed by atoms with Crippen molar-refractivity contribution in [1.82, 2.24) is 10.2 Å². The first-order valence-corrected chi connectivity index (χ1v) is 9.34. The Morgan fingerprint density at radius 1 is 1.11 bits per heavy atom. The van der Waals surface area contributed by atoms with E-state index in [1.807, 2.05) is 18.2 Å². The molecule has 0 aliphatic carbocycles. The van der Waals surface area contributed by atoms with Crippen molar-refractivity contribution in [3.63, 3.8) is 0 Å². The molecule has 0 aromatic heterocycles. The molecule has 7 heteroatoms. The molecule has 1 heterocycles. The molecule has 1 fully saturated rings. The number of hydrogen-bond acceptors (Lipinski definition) is 4. The number of carbonyl (C=O) groups excluding carboxylic acids is 1. The molecule has 3 rings (SSSR count). The molecule has 6 nitrogen and oxygen atoms in total. The lowest BCUT2D eigenvalue weighted by Crippen LogP contribution is -2.45. The van der Waals surface area contributed by atoms with Gasteiger partial charge in [0.05, 0.1) is 19.9 Å². The second kappa shape index (κ2) is 9.41. The normalized spacial score (nSPS) is 15.1. The summed E-state index contributed by atoms with van der Waals surface area (Å²) in [6.07, 6.45) is 1.69. The Hall–Kier alpha value is -2.80. The molecule has 0 unspecified atom stereocenters. The van der Waals surface area contributed by atoms with Gasteiger partial charge in [0.25, 0.3) is 0 Å². The van der Waals surface area contributed by atoms with Gasteiger partial charge in [-0.25, -0.2) is 9.18 Å². The van der Waals surface area contributed by atoms with Crippen molar-refractivity contribution >= 4 is 11.7 Å². The third kappa shape index (κ3) is 5.13. The van der Waals surface area contributed by atoms with Gasteiger partial charge < -0.3 is 20.1 Å². The quantitative estimate of drug-likeness (QED) is 0.795. The molecule has 2 aromatic carbocycles. The molecule has 1 aliphatic rings. The molecule has 0 spiro atoms. The maximum atomic E-state index is 13.8. The summed E-state index contributed by atoms with van der Waals surface area (Å²) >= 11 is 0. The van der Waals surface area contributed by atoms with Gasteiger partial charge in [0.15, 0.2) is 11.6 Å². The number of halogens is 1. The first-order valence-electron chi connectivity index (χ1n) is 9.34. The van der Waals surface area contributed by atoms with Gasteiger partial charge in [-0.15, -0.1) is 0 Å². The average Bonchev–Trinajstić information content (AvgIpc) is 2.70. The minimum atomic E-state index is -0.343. The zero-order valence-corrected chi connectivity index (χ0v) is 16.2. The number of piperidine rings is 1. The van der Waals surface area contributed by atoms with Crippen molar-refractivity contribution in [2.45, 2.75) is 25.4 Å². The third-order valence-electron chi connectivity index (χ3n) is 4.90. The van der Waals surface area contributed by atoms with Gasteiger partial charge >= 0.3 is 6.03 Å². The van der Waals surface area contributed by atoms with Gasteiger partial charge in [0, 0.05) is 25.7 Å². The van der Waals surface area contributed by atoms with Crippen molar-refractivity contribution in [1.29, 1.82) is 0 Å². The number of rotatable bonds is 6. The van der Waals surface area contributed by atoms with Crippen LogP contribution >= 0.6 is 0 Å². The highest BCUT2D eigenvalue weighted by Gasteiger charge is 2.21. The monoisotopic (exact) mass is 387 g/mol. The maximum absolute atomic E-state index is 13.8. The summed E-state index contributed by atoms with van der Waals surface area (Å²) < 4.78 is 24.0. The number of amides is 2. The van der Waals surface area contributed by atoms with E-state index in [4.69, 9.17) is 9.47 Å². The van der Waals surface area contributed by atoms with Gasteiger partial charge in [-0.1, -0.05) is 18.2 Å². The van der Waals surface area contributed by atoms with Crippen molar-refractivity contribution in [2.24, 2.45) is 0 Å². The number of urea groups is 1. The van der Waals surface area contributed by atoms with E-state index in [9.17, 15) is 9.18 Å². The zero-order valence-electron chi connectivity index (χ0n) is 16.2. The summed E-state index contributed by atoms with van der Waals surface area (Å²) in [6.45, 7) is 2.36. The fourth-order valence-electron chi connectivity index (χ4n) is 3.39. The molecule has 0 atom stereocenters. The number of hydrogen-bond donors (Lipinski definition) is 2. The van der Waals surface area contributed by atoms with Crippen LogP contribution in [0.3, 0.4) is 0 Å². The van der Waals surface area contributed by atoms with E-state index in [1.165, 1.54) is 13.2 Å². The molecule has 1 aliphatic heterocycles. The Morgan fingerprint density at radius 3 is 2.50 bits per heavy atom. The second-order valence-electron chi connectivity index (χ2n) is 6.82. The number of para-hydroxylation sites is 2. The SMILES string of the molecule is COc1ccc(CN2CCC(NC(=O)Nc3ccccc3OC)CC2)cc1F. The second-order valence-corrected chi connectivity index (χ2v) is 6.82. The Morgan fingerprint density at radius 2 is 1.82 bits per heavy atom. The van der Waals surface area contributed by atoms with Crippen LogP contribution < -0.4 is 20.1 Å². The Labute approximate surface area is 164 Å². The number of anilines is 1. The summed E-state index contributed by atoms with van der Waals surface area (Å²) in [5.41, 5.74) is 1.56. The smallest absolute Gasteiger partial charge is 0.319 e. The van der Waals surface area contributed by atoms with E-state index in [2.05, 4.69) is 15.5 Å². The van der Waals surface area contributed by atoms with Crippen molar-refractivity contribution in [3.8, 4) is 11.5 Å². The van der Waals surface area contributed by atoms with Gasteiger partial charge in [0.2, 0.25) is 0 Å². The van der Waals surface area contributed by atoms with Crippen molar-refractivity contribution < 1.29 is 18.7 Å². The van der Waals surface area contributed by atoms with Gasteiger partial charge in [-0.2, -0.15) is 0 Å². The number of nitrogens with zero attached hydrogens (tertiary/aromatic N) is 1. The number of likely N-dealkylation sites (tertiary alicyclic amines) is 1. The van der Waals surface area contributed by atoms with E-state index >= 15 is 0 Å². The minimum absolute atomic E-state index is 0.110. The fraction of sp³-hybridized carbons (Fsp3) is 0.381. The Balaban J connectivity index is 1.46. The number of carbonyl (C=O) groups is 1. The lowest BCUT2D eigenvalue weighted by atomic mass is 10.0. The molecular formula is C21H26FN3O3. The minimum Gasteiger partial charge on any atom is -0.495 e. The number of methoxy groups -OCH3 is 2. The lowest BCUT2D eigenvalue weighted by Gasteiger charge is -2.32. The lowest BCUT2D eigenvalue weighted by molar-refractivity contribution is 0.189. The van der Waals surface area contributed by atoms with E-state index in [1.54, 1.807) is 25.3 Å². The highest BCUT2D eigenvalue weighted by atomic mass is 19.1. The number of benzene rings is 2. The highest BCUT2D eigenvalue weighted by molar-refractivity contribution is 5.91. The van der Waals surface area contributed by atoms with Crippen LogP contribution in [0.4, 0.5) is 14.9 Å². The van der Waals surface area contributed by atoms with Gasteiger partial charge in [0.1, 0.15) is 5.75 Å². The van der Waals surface area contributed by atoms with Crippen LogP contribution in [0.5, 0.6) is 11.5 Å². The molecule has 1 saturated heterocycles. The van der Waals surface area contributed by atoms with Crippen LogP contribution in [-0.2, 0) is 6.54 Å². The van der Waals surface area contributed by atoms with E-state index in [0.29, 0.717) is 18.0 Å².